The molecule has 0 fully saturated rings. The molecule has 1 atom stereocenters. The molecule has 0 saturated carbocycles. The Hall–Kier alpha value is -3.05. The highest BCUT2D eigenvalue weighted by Crippen LogP contribution is 2.30. The maximum atomic E-state index is 14.1. The first-order valence-electron chi connectivity index (χ1n) is 7.64. The standard InChI is InChI=1S/C20H15F2NO2/c21-16-9-10-17(18(22)12-16)14-7-4-8-15(11-14)19(20(24)23-25)13-5-2-1-3-6-13/h1-12,19,25H,(H,23,24). The lowest BCUT2D eigenvalue weighted by Gasteiger charge is -2.17. The SMILES string of the molecule is O=C(NO)C(c1ccccc1)c1cccc(-c2ccc(F)cc2F)c1. The topological polar surface area (TPSA) is 49.3 Å². The molecular formula is C20H15F2NO2. The third kappa shape index (κ3) is 3.56. The number of hydrogen-bond donors (Lipinski definition) is 2. The number of halogens is 2. The molecule has 126 valence electrons. The predicted octanol–water partition coefficient (Wildman–Crippen LogP) is 4.27. The number of carbonyl (C=O) groups excluding carboxylic acids is 1. The largest absolute Gasteiger partial charge is 0.289 e. The zero-order valence-corrected chi connectivity index (χ0v) is 13.1. The van der Waals surface area contributed by atoms with E-state index < -0.39 is 23.5 Å². The van der Waals surface area contributed by atoms with Gasteiger partial charge in [-0.15, -0.1) is 0 Å². The molecule has 0 heterocycles. The van der Waals surface area contributed by atoms with Crippen LogP contribution in [0, 0.1) is 11.6 Å². The first-order valence-corrected chi connectivity index (χ1v) is 7.64. The molecule has 0 bridgehead atoms. The van der Waals surface area contributed by atoms with Crippen molar-refractivity contribution in [1.29, 1.82) is 0 Å². The van der Waals surface area contributed by atoms with Crippen molar-refractivity contribution in [1.82, 2.24) is 5.48 Å². The maximum absolute atomic E-state index is 14.1. The summed E-state index contributed by atoms with van der Waals surface area (Å²) in [5.41, 5.74) is 3.70. The number of benzene rings is 3. The quantitative estimate of drug-likeness (QED) is 0.551. The van der Waals surface area contributed by atoms with Crippen LogP contribution in [0.25, 0.3) is 11.1 Å². The summed E-state index contributed by atoms with van der Waals surface area (Å²) in [6.45, 7) is 0. The molecule has 3 nitrogen and oxygen atoms in total. The van der Waals surface area contributed by atoms with Crippen LogP contribution in [0.2, 0.25) is 0 Å². The smallest absolute Gasteiger partial charge is 0.255 e. The van der Waals surface area contributed by atoms with Gasteiger partial charge in [-0.05, 0) is 34.9 Å². The van der Waals surface area contributed by atoms with Crippen molar-refractivity contribution in [2.45, 2.75) is 5.92 Å². The van der Waals surface area contributed by atoms with Gasteiger partial charge in [-0.3, -0.25) is 10.0 Å². The van der Waals surface area contributed by atoms with Crippen LogP contribution in [-0.2, 0) is 4.79 Å². The molecule has 0 saturated heterocycles. The van der Waals surface area contributed by atoms with Gasteiger partial charge in [0.15, 0.2) is 0 Å². The molecule has 5 heteroatoms. The molecule has 0 spiro atoms. The van der Waals surface area contributed by atoms with Gasteiger partial charge in [0.1, 0.15) is 11.6 Å². The van der Waals surface area contributed by atoms with Crippen LogP contribution in [0.5, 0.6) is 0 Å². The van der Waals surface area contributed by atoms with Gasteiger partial charge in [-0.2, -0.15) is 0 Å². The van der Waals surface area contributed by atoms with Crippen LogP contribution < -0.4 is 5.48 Å². The third-order valence-corrected chi connectivity index (χ3v) is 3.97. The molecular weight excluding hydrogens is 324 g/mol. The Morgan fingerprint density at radius 2 is 1.60 bits per heavy atom. The van der Waals surface area contributed by atoms with Crippen molar-refractivity contribution >= 4 is 5.91 Å². The average Bonchev–Trinajstić information content (AvgIpc) is 2.63. The minimum Gasteiger partial charge on any atom is -0.289 e. The third-order valence-electron chi connectivity index (χ3n) is 3.97. The zero-order chi connectivity index (χ0) is 17.8. The highest BCUT2D eigenvalue weighted by atomic mass is 19.1. The number of hydrogen-bond acceptors (Lipinski definition) is 2. The lowest BCUT2D eigenvalue weighted by atomic mass is 9.89. The van der Waals surface area contributed by atoms with E-state index in [1.54, 1.807) is 54.0 Å². The monoisotopic (exact) mass is 339 g/mol. The van der Waals surface area contributed by atoms with Crippen LogP contribution in [-0.4, -0.2) is 11.1 Å². The Balaban J connectivity index is 2.08. The Morgan fingerprint density at radius 3 is 2.28 bits per heavy atom. The lowest BCUT2D eigenvalue weighted by Crippen LogP contribution is -2.27. The van der Waals surface area contributed by atoms with E-state index in [-0.39, 0.29) is 5.56 Å². The number of carbonyl (C=O) groups is 1. The molecule has 0 aliphatic heterocycles. The second-order valence-electron chi connectivity index (χ2n) is 5.57. The minimum atomic E-state index is -0.755. The van der Waals surface area contributed by atoms with E-state index in [1.807, 2.05) is 6.07 Å². The van der Waals surface area contributed by atoms with E-state index in [0.29, 0.717) is 16.7 Å². The summed E-state index contributed by atoms with van der Waals surface area (Å²) in [6.07, 6.45) is 0. The Bertz CT molecular complexity index is 897. The normalized spacial score (nSPS) is 11.8. The Kier molecular flexibility index (Phi) is 4.86. The van der Waals surface area contributed by atoms with Crippen molar-refractivity contribution in [3.8, 4) is 11.1 Å². The molecule has 1 amide bonds. The van der Waals surface area contributed by atoms with Gasteiger partial charge in [0.25, 0.3) is 5.91 Å². The van der Waals surface area contributed by atoms with Gasteiger partial charge in [-0.1, -0.05) is 48.5 Å². The van der Waals surface area contributed by atoms with Crippen LogP contribution in [0.3, 0.4) is 0 Å². The van der Waals surface area contributed by atoms with Crippen LogP contribution in [0.4, 0.5) is 8.78 Å². The van der Waals surface area contributed by atoms with Crippen molar-refractivity contribution < 1.29 is 18.8 Å². The Morgan fingerprint density at radius 1 is 0.880 bits per heavy atom. The highest BCUT2D eigenvalue weighted by Gasteiger charge is 2.23. The summed E-state index contributed by atoms with van der Waals surface area (Å²) in [5, 5.41) is 9.09. The van der Waals surface area contributed by atoms with E-state index in [0.717, 1.165) is 6.07 Å². The molecule has 0 aliphatic carbocycles. The van der Waals surface area contributed by atoms with Gasteiger partial charge in [0, 0.05) is 11.6 Å². The minimum absolute atomic E-state index is 0.236. The molecule has 3 aromatic carbocycles. The molecule has 0 radical (unpaired) electrons. The van der Waals surface area contributed by atoms with E-state index >= 15 is 0 Å². The number of rotatable bonds is 4. The van der Waals surface area contributed by atoms with Crippen LogP contribution in [0.1, 0.15) is 17.0 Å². The fourth-order valence-electron chi connectivity index (χ4n) is 2.81. The fourth-order valence-corrected chi connectivity index (χ4v) is 2.81. The molecule has 0 aliphatic rings. The summed E-state index contributed by atoms with van der Waals surface area (Å²) in [7, 11) is 0. The molecule has 2 N–H and O–H groups in total. The first-order chi connectivity index (χ1) is 12.1. The Labute approximate surface area is 143 Å². The second-order valence-corrected chi connectivity index (χ2v) is 5.57. The van der Waals surface area contributed by atoms with Crippen molar-refractivity contribution in [2.75, 3.05) is 0 Å². The molecule has 1 unspecified atom stereocenters. The molecule has 3 aromatic rings. The second kappa shape index (κ2) is 7.23. The number of amides is 1. The lowest BCUT2D eigenvalue weighted by molar-refractivity contribution is -0.129. The van der Waals surface area contributed by atoms with Crippen LogP contribution >= 0.6 is 0 Å². The average molecular weight is 339 g/mol. The van der Waals surface area contributed by atoms with E-state index in [2.05, 4.69) is 0 Å². The molecule has 25 heavy (non-hydrogen) atoms. The fraction of sp³-hybridized carbons (Fsp3) is 0.0500. The first kappa shape index (κ1) is 16.8. The number of nitrogens with one attached hydrogen (secondary N) is 1. The summed E-state index contributed by atoms with van der Waals surface area (Å²) < 4.78 is 27.2. The van der Waals surface area contributed by atoms with Gasteiger partial charge in [-0.25, -0.2) is 14.3 Å². The molecule has 0 aromatic heterocycles. The van der Waals surface area contributed by atoms with E-state index in [9.17, 15) is 13.6 Å². The van der Waals surface area contributed by atoms with Crippen molar-refractivity contribution in [3.63, 3.8) is 0 Å². The summed E-state index contributed by atoms with van der Waals surface area (Å²) in [4.78, 5) is 12.2. The van der Waals surface area contributed by atoms with E-state index in [1.165, 1.54) is 12.1 Å². The van der Waals surface area contributed by atoms with Gasteiger partial charge in [0.2, 0.25) is 0 Å². The summed E-state index contributed by atoms with van der Waals surface area (Å²) >= 11 is 0. The van der Waals surface area contributed by atoms with Gasteiger partial charge >= 0.3 is 0 Å². The molecule has 3 rings (SSSR count). The summed E-state index contributed by atoms with van der Waals surface area (Å²) in [5.74, 6) is -2.68. The maximum Gasteiger partial charge on any atom is 0.255 e. The van der Waals surface area contributed by atoms with Crippen molar-refractivity contribution in [2.24, 2.45) is 0 Å². The van der Waals surface area contributed by atoms with Gasteiger partial charge < -0.3 is 0 Å². The number of hydroxylamine groups is 1. The zero-order valence-electron chi connectivity index (χ0n) is 13.1. The van der Waals surface area contributed by atoms with Gasteiger partial charge in [0.05, 0.1) is 5.92 Å². The van der Waals surface area contributed by atoms with E-state index in [4.69, 9.17) is 5.21 Å². The predicted molar refractivity (Wildman–Crippen MR) is 90.0 cm³/mol. The van der Waals surface area contributed by atoms with Crippen molar-refractivity contribution in [3.05, 3.63) is 95.6 Å². The summed E-state index contributed by atoms with van der Waals surface area (Å²) in [6, 6.07) is 19.0. The highest BCUT2D eigenvalue weighted by molar-refractivity contribution is 5.86. The van der Waals surface area contributed by atoms with Crippen LogP contribution in [0.15, 0.2) is 72.8 Å².